The molecule has 0 aliphatic heterocycles. The van der Waals surface area contributed by atoms with E-state index in [4.69, 9.17) is 4.74 Å². The molecule has 1 unspecified atom stereocenters. The average molecular weight is 217 g/mol. The zero-order chi connectivity index (χ0) is 11.2. The van der Waals surface area contributed by atoms with Crippen molar-refractivity contribution in [2.24, 2.45) is 0 Å². The number of unbranched alkanes of at least 4 members (excludes halogenated alkanes) is 1. The van der Waals surface area contributed by atoms with Crippen LogP contribution in [0.1, 0.15) is 33.6 Å². The molecule has 0 saturated carbocycles. The fourth-order valence-electron chi connectivity index (χ4n) is 0.801. The number of carbonyl (C=O) groups excluding carboxylic acids is 1. The maximum atomic E-state index is 11.2. The van der Waals surface area contributed by atoms with Crippen LogP contribution in [0, 0.1) is 0 Å². The lowest BCUT2D eigenvalue weighted by molar-refractivity contribution is -0.147. The van der Waals surface area contributed by atoms with Gasteiger partial charge in [-0.3, -0.25) is 5.32 Å². The molecule has 0 radical (unpaired) electrons. The topological polar surface area (TPSA) is 38.3 Å². The quantitative estimate of drug-likeness (QED) is 0.235. The van der Waals surface area contributed by atoms with Gasteiger partial charge in [0.15, 0.2) is 0 Å². The summed E-state index contributed by atoms with van der Waals surface area (Å²) in [6.45, 7) is 9.68. The first-order chi connectivity index (χ1) is 6.39. The molecule has 0 aromatic heterocycles. The first kappa shape index (κ1) is 13.5. The SMILES string of the molecule is C=C(C)C(=O)OC(C)(S)NCCCC. The summed E-state index contributed by atoms with van der Waals surface area (Å²) in [4.78, 5) is 11.2. The van der Waals surface area contributed by atoms with E-state index >= 15 is 0 Å². The molecule has 4 heteroatoms. The molecule has 0 aromatic rings. The van der Waals surface area contributed by atoms with E-state index in [1.54, 1.807) is 13.8 Å². The number of ether oxygens (including phenoxy) is 1. The number of rotatable bonds is 6. The molecule has 14 heavy (non-hydrogen) atoms. The maximum Gasteiger partial charge on any atom is 0.335 e. The standard InChI is InChI=1S/C10H19NO2S/c1-5-6-7-11-10(4,14)13-9(12)8(2)3/h11,14H,2,5-7H2,1,3-4H3. The lowest BCUT2D eigenvalue weighted by Crippen LogP contribution is -2.41. The molecule has 0 fully saturated rings. The zero-order valence-corrected chi connectivity index (χ0v) is 9.99. The van der Waals surface area contributed by atoms with Crippen molar-refractivity contribution in [3.63, 3.8) is 0 Å². The molecule has 0 rings (SSSR count). The van der Waals surface area contributed by atoms with Gasteiger partial charge in [-0.15, -0.1) is 12.6 Å². The van der Waals surface area contributed by atoms with Crippen LogP contribution in [0.15, 0.2) is 12.2 Å². The number of hydrogen-bond donors (Lipinski definition) is 2. The van der Waals surface area contributed by atoms with Gasteiger partial charge in [0.1, 0.15) is 0 Å². The van der Waals surface area contributed by atoms with Gasteiger partial charge in [0, 0.05) is 5.57 Å². The Bertz CT molecular complexity index is 214. The second-order valence-electron chi connectivity index (χ2n) is 3.43. The van der Waals surface area contributed by atoms with Crippen LogP contribution in [0.5, 0.6) is 0 Å². The molecule has 1 atom stereocenters. The van der Waals surface area contributed by atoms with Crippen molar-refractivity contribution in [3.8, 4) is 0 Å². The van der Waals surface area contributed by atoms with Crippen molar-refractivity contribution in [1.29, 1.82) is 0 Å². The highest BCUT2D eigenvalue weighted by Crippen LogP contribution is 2.13. The molecule has 0 bridgehead atoms. The van der Waals surface area contributed by atoms with Crippen LogP contribution < -0.4 is 5.32 Å². The molecular weight excluding hydrogens is 198 g/mol. The number of hydrogen-bond acceptors (Lipinski definition) is 4. The Morgan fingerprint density at radius 3 is 2.64 bits per heavy atom. The molecule has 3 nitrogen and oxygen atoms in total. The maximum absolute atomic E-state index is 11.2. The van der Waals surface area contributed by atoms with Crippen molar-refractivity contribution in [2.75, 3.05) is 6.54 Å². The van der Waals surface area contributed by atoms with Crippen LogP contribution in [-0.2, 0) is 9.53 Å². The monoisotopic (exact) mass is 217 g/mol. The summed E-state index contributed by atoms with van der Waals surface area (Å²) in [7, 11) is 0. The number of thiol groups is 1. The predicted molar refractivity (Wildman–Crippen MR) is 61.2 cm³/mol. The molecule has 0 aliphatic rings. The van der Waals surface area contributed by atoms with Gasteiger partial charge in [-0.1, -0.05) is 19.9 Å². The van der Waals surface area contributed by atoms with Gasteiger partial charge in [0.05, 0.1) is 0 Å². The van der Waals surface area contributed by atoms with Crippen LogP contribution in [0.25, 0.3) is 0 Å². The average Bonchev–Trinajstić information content (AvgIpc) is 2.03. The van der Waals surface area contributed by atoms with Crippen LogP contribution in [0.4, 0.5) is 0 Å². The van der Waals surface area contributed by atoms with Crippen molar-refractivity contribution < 1.29 is 9.53 Å². The van der Waals surface area contributed by atoms with Gasteiger partial charge in [-0.05, 0) is 26.8 Å². The molecule has 82 valence electrons. The minimum Gasteiger partial charge on any atom is -0.432 e. The van der Waals surface area contributed by atoms with Crippen molar-refractivity contribution in [2.45, 2.75) is 38.7 Å². The summed E-state index contributed by atoms with van der Waals surface area (Å²) in [6.07, 6.45) is 2.12. The Balaban J connectivity index is 3.93. The molecule has 0 spiro atoms. The second kappa shape index (κ2) is 6.09. The van der Waals surface area contributed by atoms with E-state index in [1.807, 2.05) is 0 Å². The van der Waals surface area contributed by atoms with Gasteiger partial charge in [0.2, 0.25) is 5.06 Å². The smallest absolute Gasteiger partial charge is 0.335 e. The van der Waals surface area contributed by atoms with Gasteiger partial charge in [-0.2, -0.15) is 0 Å². The van der Waals surface area contributed by atoms with E-state index < -0.39 is 11.0 Å². The van der Waals surface area contributed by atoms with E-state index in [2.05, 4.69) is 31.4 Å². The highest BCUT2D eigenvalue weighted by atomic mass is 32.1. The second-order valence-corrected chi connectivity index (χ2v) is 4.29. The first-order valence-corrected chi connectivity index (χ1v) is 5.20. The predicted octanol–water partition coefficient (Wildman–Crippen LogP) is 2.10. The van der Waals surface area contributed by atoms with Gasteiger partial charge >= 0.3 is 5.97 Å². The molecular formula is C10H19NO2S. The van der Waals surface area contributed by atoms with Crippen molar-refractivity contribution in [1.82, 2.24) is 5.32 Å². The van der Waals surface area contributed by atoms with E-state index in [1.165, 1.54) is 0 Å². The summed E-state index contributed by atoms with van der Waals surface area (Å²) >= 11 is 4.20. The van der Waals surface area contributed by atoms with Gasteiger partial charge < -0.3 is 4.74 Å². The lowest BCUT2D eigenvalue weighted by atomic mass is 10.3. The summed E-state index contributed by atoms with van der Waals surface area (Å²) < 4.78 is 5.06. The van der Waals surface area contributed by atoms with E-state index in [-0.39, 0.29) is 0 Å². The number of carbonyl (C=O) groups is 1. The van der Waals surface area contributed by atoms with Gasteiger partial charge in [0.25, 0.3) is 0 Å². The Hall–Kier alpha value is -0.480. The fourth-order valence-corrected chi connectivity index (χ4v) is 0.996. The van der Waals surface area contributed by atoms with Crippen molar-refractivity contribution in [3.05, 3.63) is 12.2 Å². The van der Waals surface area contributed by atoms with Crippen molar-refractivity contribution >= 4 is 18.6 Å². The number of esters is 1. The van der Waals surface area contributed by atoms with Crippen LogP contribution in [0.3, 0.4) is 0 Å². The highest BCUT2D eigenvalue weighted by Gasteiger charge is 2.22. The third-order valence-corrected chi connectivity index (χ3v) is 1.87. The Morgan fingerprint density at radius 1 is 1.64 bits per heavy atom. The van der Waals surface area contributed by atoms with Crippen LogP contribution >= 0.6 is 12.6 Å². The third-order valence-electron chi connectivity index (χ3n) is 1.62. The largest absolute Gasteiger partial charge is 0.432 e. The van der Waals surface area contributed by atoms with E-state index in [0.717, 1.165) is 19.4 Å². The van der Waals surface area contributed by atoms with E-state index in [9.17, 15) is 4.79 Å². The molecule has 0 saturated heterocycles. The highest BCUT2D eigenvalue weighted by molar-refractivity contribution is 7.81. The summed E-state index contributed by atoms with van der Waals surface area (Å²) in [5.74, 6) is -0.425. The fraction of sp³-hybridized carbons (Fsp3) is 0.700. The summed E-state index contributed by atoms with van der Waals surface area (Å²) in [5.41, 5.74) is 0.377. The molecule has 1 N–H and O–H groups in total. The van der Waals surface area contributed by atoms with Crippen LogP contribution in [-0.4, -0.2) is 17.6 Å². The minimum absolute atomic E-state index is 0.377. The normalized spacial score (nSPS) is 14.6. The zero-order valence-electron chi connectivity index (χ0n) is 9.09. The Labute approximate surface area is 91.3 Å². The third kappa shape index (κ3) is 6.05. The van der Waals surface area contributed by atoms with Crippen LogP contribution in [0.2, 0.25) is 0 Å². The minimum atomic E-state index is -0.912. The van der Waals surface area contributed by atoms with Gasteiger partial charge in [-0.25, -0.2) is 4.79 Å². The Kier molecular flexibility index (Phi) is 5.88. The molecule has 0 amide bonds. The summed E-state index contributed by atoms with van der Waals surface area (Å²) in [6, 6.07) is 0. The van der Waals surface area contributed by atoms with E-state index in [0.29, 0.717) is 5.57 Å². The first-order valence-electron chi connectivity index (χ1n) is 4.75. The summed E-state index contributed by atoms with van der Waals surface area (Å²) in [5, 5.41) is 2.11. The Morgan fingerprint density at radius 2 is 2.21 bits per heavy atom. The lowest BCUT2D eigenvalue weighted by Gasteiger charge is -2.25. The number of nitrogens with one attached hydrogen (secondary N) is 1. The molecule has 0 heterocycles. The molecule has 0 aliphatic carbocycles. The molecule has 0 aromatic carbocycles.